The van der Waals surface area contributed by atoms with E-state index in [-0.39, 0.29) is 18.0 Å². The summed E-state index contributed by atoms with van der Waals surface area (Å²) in [5.41, 5.74) is 2.22. The fourth-order valence-corrected chi connectivity index (χ4v) is 2.94. The second kappa shape index (κ2) is 9.11. The first kappa shape index (κ1) is 18.0. The highest BCUT2D eigenvalue weighted by atomic mass is 16.6. The molecule has 0 spiro atoms. The minimum atomic E-state index is -0.310. The highest BCUT2D eigenvalue weighted by molar-refractivity contribution is 5.83. The number of esters is 1. The maximum Gasteiger partial charge on any atom is 0.409 e. The molecule has 1 unspecified atom stereocenters. The van der Waals surface area contributed by atoms with Crippen molar-refractivity contribution in [1.82, 2.24) is 4.90 Å². The Kier molecular flexibility index (Phi) is 6.85. The smallest absolute Gasteiger partial charge is 0.409 e. The maximum atomic E-state index is 12.0. The predicted molar refractivity (Wildman–Crippen MR) is 91.6 cm³/mol. The van der Waals surface area contributed by atoms with E-state index in [9.17, 15) is 9.59 Å². The normalized spacial score (nSPS) is 19.2. The van der Waals surface area contributed by atoms with Gasteiger partial charge < -0.3 is 14.4 Å². The molecule has 1 aliphatic rings. The summed E-state index contributed by atoms with van der Waals surface area (Å²) < 4.78 is 10.1. The Bertz CT molecular complexity index is 582. The molecule has 130 valence electrons. The Morgan fingerprint density at radius 2 is 1.88 bits per heavy atom. The van der Waals surface area contributed by atoms with Gasteiger partial charge in [0.15, 0.2) is 0 Å². The number of carbonyl (C=O) groups excluding carboxylic acids is 2. The van der Waals surface area contributed by atoms with Crippen LogP contribution < -0.4 is 0 Å². The summed E-state index contributed by atoms with van der Waals surface area (Å²) >= 11 is 0. The number of ether oxygens (including phenoxy) is 2. The Balaban J connectivity index is 2.14. The molecule has 1 amide bonds. The monoisotopic (exact) mass is 331 g/mol. The van der Waals surface area contributed by atoms with Gasteiger partial charge in [0, 0.05) is 25.1 Å². The zero-order valence-electron chi connectivity index (χ0n) is 14.4. The van der Waals surface area contributed by atoms with Crippen molar-refractivity contribution in [3.8, 4) is 0 Å². The van der Waals surface area contributed by atoms with Gasteiger partial charge in [-0.2, -0.15) is 0 Å². The fraction of sp³-hybridized carbons (Fsp3) is 0.474. The van der Waals surface area contributed by atoms with Crippen LogP contribution in [0.5, 0.6) is 0 Å². The van der Waals surface area contributed by atoms with Crippen LogP contribution in [0.3, 0.4) is 0 Å². The minimum Gasteiger partial charge on any atom is -0.463 e. The fourth-order valence-electron chi connectivity index (χ4n) is 2.94. The third kappa shape index (κ3) is 5.11. The lowest BCUT2D eigenvalue weighted by Gasteiger charge is -2.34. The minimum absolute atomic E-state index is 0.0926. The molecular weight excluding hydrogens is 306 g/mol. The summed E-state index contributed by atoms with van der Waals surface area (Å²) in [5, 5.41) is 0. The molecule has 1 aliphatic heterocycles. The van der Waals surface area contributed by atoms with Gasteiger partial charge in [-0.15, -0.1) is 0 Å². The molecule has 24 heavy (non-hydrogen) atoms. The van der Waals surface area contributed by atoms with E-state index in [0.29, 0.717) is 32.7 Å². The summed E-state index contributed by atoms with van der Waals surface area (Å²) in [4.78, 5) is 25.6. The van der Waals surface area contributed by atoms with Crippen LogP contribution in [0.15, 0.2) is 42.0 Å². The van der Waals surface area contributed by atoms with Gasteiger partial charge in [0.25, 0.3) is 0 Å². The lowest BCUT2D eigenvalue weighted by molar-refractivity contribution is -0.137. The third-order valence-corrected chi connectivity index (χ3v) is 4.08. The van der Waals surface area contributed by atoms with Crippen molar-refractivity contribution < 1.29 is 19.1 Å². The van der Waals surface area contributed by atoms with E-state index < -0.39 is 0 Å². The predicted octanol–water partition coefficient (Wildman–Crippen LogP) is 3.20. The van der Waals surface area contributed by atoms with Gasteiger partial charge in [-0.25, -0.2) is 9.59 Å². The van der Waals surface area contributed by atoms with Crippen molar-refractivity contribution in [3.63, 3.8) is 0 Å². The quantitative estimate of drug-likeness (QED) is 0.614. The lowest BCUT2D eigenvalue weighted by Crippen LogP contribution is -2.42. The van der Waals surface area contributed by atoms with Gasteiger partial charge in [0.1, 0.15) is 0 Å². The molecule has 5 nitrogen and oxygen atoms in total. The van der Waals surface area contributed by atoms with Gasteiger partial charge in [0.2, 0.25) is 0 Å². The number of rotatable bonds is 5. The second-order valence-electron chi connectivity index (χ2n) is 5.75. The SMILES string of the molecule is CCOC(=O)C=C1CCN(C(=O)OCC)CC1Cc1ccccc1. The van der Waals surface area contributed by atoms with E-state index in [1.54, 1.807) is 24.8 Å². The number of carbonyl (C=O) groups is 2. The number of likely N-dealkylation sites (tertiary alicyclic amines) is 1. The molecule has 1 atom stereocenters. The zero-order valence-corrected chi connectivity index (χ0v) is 14.4. The van der Waals surface area contributed by atoms with Crippen LogP contribution in [0.2, 0.25) is 0 Å². The first-order valence-corrected chi connectivity index (χ1v) is 8.46. The Labute approximate surface area is 143 Å². The van der Waals surface area contributed by atoms with E-state index in [0.717, 1.165) is 12.0 Å². The van der Waals surface area contributed by atoms with E-state index in [2.05, 4.69) is 12.1 Å². The molecule has 1 heterocycles. The van der Waals surface area contributed by atoms with Crippen LogP contribution >= 0.6 is 0 Å². The van der Waals surface area contributed by atoms with Crippen LogP contribution in [0.25, 0.3) is 0 Å². The van der Waals surface area contributed by atoms with E-state index in [1.807, 2.05) is 18.2 Å². The highest BCUT2D eigenvalue weighted by Gasteiger charge is 2.28. The van der Waals surface area contributed by atoms with Gasteiger partial charge in [-0.3, -0.25) is 0 Å². The maximum absolute atomic E-state index is 12.0. The third-order valence-electron chi connectivity index (χ3n) is 4.08. The standard InChI is InChI=1S/C19H25NO4/c1-3-23-18(21)13-16-10-11-20(19(22)24-4-2)14-17(16)12-15-8-6-5-7-9-15/h5-9,13,17H,3-4,10-12,14H2,1-2H3. The Morgan fingerprint density at radius 3 is 2.54 bits per heavy atom. The average Bonchev–Trinajstić information content (AvgIpc) is 2.58. The number of hydrogen-bond acceptors (Lipinski definition) is 4. The molecule has 0 aromatic heterocycles. The number of nitrogens with zero attached hydrogens (tertiary/aromatic N) is 1. The molecule has 1 saturated heterocycles. The number of amides is 1. The van der Waals surface area contributed by atoms with Crippen molar-refractivity contribution in [2.24, 2.45) is 5.92 Å². The molecule has 0 saturated carbocycles. The van der Waals surface area contributed by atoms with E-state index in [1.165, 1.54) is 5.56 Å². The lowest BCUT2D eigenvalue weighted by atomic mass is 9.86. The highest BCUT2D eigenvalue weighted by Crippen LogP contribution is 2.27. The molecule has 1 fully saturated rings. The Morgan fingerprint density at radius 1 is 1.17 bits per heavy atom. The Hall–Kier alpha value is -2.30. The van der Waals surface area contributed by atoms with Crippen molar-refractivity contribution in [2.45, 2.75) is 26.7 Å². The van der Waals surface area contributed by atoms with Gasteiger partial charge >= 0.3 is 12.1 Å². The van der Waals surface area contributed by atoms with Gasteiger partial charge in [-0.05, 0) is 32.3 Å². The van der Waals surface area contributed by atoms with Crippen molar-refractivity contribution in [1.29, 1.82) is 0 Å². The van der Waals surface area contributed by atoms with E-state index in [4.69, 9.17) is 9.47 Å². The molecule has 5 heteroatoms. The van der Waals surface area contributed by atoms with Crippen molar-refractivity contribution in [2.75, 3.05) is 26.3 Å². The van der Waals surface area contributed by atoms with Crippen LogP contribution in [0.1, 0.15) is 25.8 Å². The first-order chi connectivity index (χ1) is 11.6. The molecule has 0 N–H and O–H groups in total. The van der Waals surface area contributed by atoms with Gasteiger partial charge in [-0.1, -0.05) is 35.9 Å². The summed E-state index contributed by atoms with van der Waals surface area (Å²) in [6, 6.07) is 10.1. The molecule has 0 bridgehead atoms. The molecule has 0 radical (unpaired) electrons. The summed E-state index contributed by atoms with van der Waals surface area (Å²) in [7, 11) is 0. The summed E-state index contributed by atoms with van der Waals surface area (Å²) in [6.45, 7) is 5.44. The topological polar surface area (TPSA) is 55.8 Å². The second-order valence-corrected chi connectivity index (χ2v) is 5.75. The zero-order chi connectivity index (χ0) is 17.4. The number of benzene rings is 1. The average molecular weight is 331 g/mol. The van der Waals surface area contributed by atoms with Crippen LogP contribution in [-0.2, 0) is 20.7 Å². The largest absolute Gasteiger partial charge is 0.463 e. The van der Waals surface area contributed by atoms with Crippen molar-refractivity contribution in [3.05, 3.63) is 47.5 Å². The molecule has 1 aromatic carbocycles. The van der Waals surface area contributed by atoms with Crippen molar-refractivity contribution >= 4 is 12.1 Å². The number of piperidine rings is 1. The van der Waals surface area contributed by atoms with Crippen LogP contribution in [0.4, 0.5) is 4.79 Å². The summed E-state index contributed by atoms with van der Waals surface area (Å²) in [6.07, 6.45) is 2.75. The van der Waals surface area contributed by atoms with Gasteiger partial charge in [0.05, 0.1) is 13.2 Å². The molecular formula is C19H25NO4. The van der Waals surface area contributed by atoms with Crippen LogP contribution in [-0.4, -0.2) is 43.3 Å². The molecule has 1 aromatic rings. The molecule has 2 rings (SSSR count). The number of hydrogen-bond donors (Lipinski definition) is 0. The first-order valence-electron chi connectivity index (χ1n) is 8.46. The molecule has 0 aliphatic carbocycles. The summed E-state index contributed by atoms with van der Waals surface area (Å²) in [5.74, 6) is -0.217. The van der Waals surface area contributed by atoms with Crippen LogP contribution in [0, 0.1) is 5.92 Å². The van der Waals surface area contributed by atoms with E-state index >= 15 is 0 Å².